The van der Waals surface area contributed by atoms with E-state index in [1.54, 1.807) is 12.5 Å². The van der Waals surface area contributed by atoms with Crippen LogP contribution >= 0.6 is 15.9 Å². The molecule has 1 N–H and O–H groups in total. The molecule has 0 radical (unpaired) electrons. The van der Waals surface area contributed by atoms with Crippen LogP contribution < -0.4 is 10.2 Å². The Hall–Kier alpha value is -1.26. The summed E-state index contributed by atoms with van der Waals surface area (Å²) < 4.78 is 6.24. The van der Waals surface area contributed by atoms with Crippen molar-refractivity contribution in [3.8, 4) is 0 Å². The van der Waals surface area contributed by atoms with Crippen molar-refractivity contribution in [2.24, 2.45) is 0 Å². The van der Waals surface area contributed by atoms with E-state index in [0.717, 1.165) is 24.1 Å². The average molecular weight is 323 g/mol. The van der Waals surface area contributed by atoms with Crippen molar-refractivity contribution in [3.05, 3.63) is 52.4 Å². The van der Waals surface area contributed by atoms with Crippen molar-refractivity contribution < 1.29 is 4.42 Å². The van der Waals surface area contributed by atoms with E-state index in [0.29, 0.717) is 0 Å². The van der Waals surface area contributed by atoms with Gasteiger partial charge in [0.25, 0.3) is 0 Å². The van der Waals surface area contributed by atoms with Crippen LogP contribution in [0.25, 0.3) is 0 Å². The van der Waals surface area contributed by atoms with Crippen molar-refractivity contribution in [1.29, 1.82) is 0 Å². The van der Waals surface area contributed by atoms with Crippen LogP contribution in [-0.2, 0) is 13.1 Å². The van der Waals surface area contributed by atoms with Gasteiger partial charge in [-0.15, -0.1) is 0 Å². The molecule has 102 valence electrons. The van der Waals surface area contributed by atoms with Crippen molar-refractivity contribution in [3.63, 3.8) is 0 Å². The summed E-state index contributed by atoms with van der Waals surface area (Å²) in [4.78, 5) is 2.20. The second-order valence-electron chi connectivity index (χ2n) is 4.54. The monoisotopic (exact) mass is 322 g/mol. The lowest BCUT2D eigenvalue weighted by Gasteiger charge is -2.19. The Morgan fingerprint density at radius 2 is 2.16 bits per heavy atom. The van der Waals surface area contributed by atoms with E-state index in [9.17, 15) is 0 Å². The Kier molecular flexibility index (Phi) is 5.05. The number of anilines is 1. The van der Waals surface area contributed by atoms with Crippen LogP contribution in [0.4, 0.5) is 5.69 Å². The lowest BCUT2D eigenvalue weighted by atomic mass is 10.2. The number of hydrogen-bond donors (Lipinski definition) is 1. The molecule has 0 amide bonds. The highest BCUT2D eigenvalue weighted by atomic mass is 79.9. The lowest BCUT2D eigenvalue weighted by molar-refractivity contribution is 0.563. The number of hydrogen-bond acceptors (Lipinski definition) is 3. The number of nitrogens with zero attached hydrogens (tertiary/aromatic N) is 1. The molecule has 0 aliphatic carbocycles. The van der Waals surface area contributed by atoms with Gasteiger partial charge in [0.15, 0.2) is 0 Å². The van der Waals surface area contributed by atoms with Gasteiger partial charge in [0.1, 0.15) is 0 Å². The molecule has 0 saturated carbocycles. The minimum absolute atomic E-state index is 0.843. The third-order valence-corrected chi connectivity index (χ3v) is 3.78. The Morgan fingerprint density at radius 3 is 2.79 bits per heavy atom. The van der Waals surface area contributed by atoms with Crippen LogP contribution in [0.1, 0.15) is 18.1 Å². The van der Waals surface area contributed by atoms with Gasteiger partial charge in [-0.2, -0.15) is 0 Å². The Bertz CT molecular complexity index is 511. The van der Waals surface area contributed by atoms with Crippen LogP contribution in [0.3, 0.4) is 0 Å². The maximum Gasteiger partial charge on any atom is 0.0952 e. The van der Waals surface area contributed by atoms with E-state index in [2.05, 4.69) is 58.3 Å². The largest absolute Gasteiger partial charge is 0.472 e. The number of rotatable bonds is 6. The van der Waals surface area contributed by atoms with Crippen molar-refractivity contribution in [1.82, 2.24) is 5.32 Å². The summed E-state index contributed by atoms with van der Waals surface area (Å²) >= 11 is 3.64. The first-order valence-electron chi connectivity index (χ1n) is 6.42. The quantitative estimate of drug-likeness (QED) is 0.877. The van der Waals surface area contributed by atoms with Crippen LogP contribution in [-0.4, -0.2) is 13.6 Å². The molecule has 0 spiro atoms. The SMILES string of the molecule is CCNCc1ccc(N(C)Cc2ccoc2)cc1Br. The molecule has 4 heteroatoms. The zero-order chi connectivity index (χ0) is 13.7. The van der Waals surface area contributed by atoms with Gasteiger partial charge in [-0.1, -0.05) is 28.9 Å². The average Bonchev–Trinajstić information content (AvgIpc) is 2.90. The molecule has 2 aromatic rings. The first-order valence-corrected chi connectivity index (χ1v) is 7.21. The van der Waals surface area contributed by atoms with Gasteiger partial charge in [0, 0.05) is 35.9 Å². The highest BCUT2D eigenvalue weighted by Crippen LogP contribution is 2.24. The minimum atomic E-state index is 0.843. The normalized spacial score (nSPS) is 10.7. The second kappa shape index (κ2) is 6.78. The maximum atomic E-state index is 5.09. The third kappa shape index (κ3) is 3.85. The molecular formula is C15H19BrN2O. The summed E-state index contributed by atoms with van der Waals surface area (Å²) in [5.74, 6) is 0. The van der Waals surface area contributed by atoms with Crippen molar-refractivity contribution in [2.75, 3.05) is 18.5 Å². The van der Waals surface area contributed by atoms with E-state index >= 15 is 0 Å². The fraction of sp³-hybridized carbons (Fsp3) is 0.333. The third-order valence-electron chi connectivity index (χ3n) is 3.04. The van der Waals surface area contributed by atoms with Crippen molar-refractivity contribution >= 4 is 21.6 Å². The van der Waals surface area contributed by atoms with Crippen LogP contribution in [0.5, 0.6) is 0 Å². The summed E-state index contributed by atoms with van der Waals surface area (Å²) in [6.07, 6.45) is 3.49. The predicted molar refractivity (Wildman–Crippen MR) is 82.3 cm³/mol. The molecule has 0 atom stereocenters. The number of nitrogens with one attached hydrogen (secondary N) is 1. The summed E-state index contributed by atoms with van der Waals surface area (Å²) in [5.41, 5.74) is 3.64. The number of halogens is 1. The van der Waals surface area contributed by atoms with Gasteiger partial charge in [0.2, 0.25) is 0 Å². The van der Waals surface area contributed by atoms with Gasteiger partial charge in [-0.3, -0.25) is 0 Å². The molecular weight excluding hydrogens is 304 g/mol. The number of benzene rings is 1. The topological polar surface area (TPSA) is 28.4 Å². The molecule has 19 heavy (non-hydrogen) atoms. The first-order chi connectivity index (χ1) is 9.20. The van der Waals surface area contributed by atoms with E-state index in [1.807, 2.05) is 6.07 Å². The van der Waals surface area contributed by atoms with Gasteiger partial charge < -0.3 is 14.6 Å². The van der Waals surface area contributed by atoms with E-state index in [4.69, 9.17) is 4.42 Å². The van der Waals surface area contributed by atoms with Gasteiger partial charge in [-0.05, 0) is 30.3 Å². The zero-order valence-electron chi connectivity index (χ0n) is 11.3. The van der Waals surface area contributed by atoms with E-state index in [-0.39, 0.29) is 0 Å². The van der Waals surface area contributed by atoms with Crippen LogP contribution in [0.15, 0.2) is 45.7 Å². The molecule has 3 nitrogen and oxygen atoms in total. The summed E-state index contributed by atoms with van der Waals surface area (Å²) in [5, 5.41) is 3.33. The minimum Gasteiger partial charge on any atom is -0.472 e. The zero-order valence-corrected chi connectivity index (χ0v) is 12.9. The standard InChI is InChI=1S/C15H19BrN2O/c1-3-17-9-13-4-5-14(8-15(13)16)18(2)10-12-6-7-19-11-12/h4-8,11,17H,3,9-10H2,1-2H3. The molecule has 0 aliphatic rings. The Labute approximate surface area is 122 Å². The molecule has 2 rings (SSSR count). The molecule has 0 aliphatic heterocycles. The highest BCUT2D eigenvalue weighted by molar-refractivity contribution is 9.10. The van der Waals surface area contributed by atoms with E-state index in [1.165, 1.54) is 16.8 Å². The maximum absolute atomic E-state index is 5.09. The summed E-state index contributed by atoms with van der Waals surface area (Å²) in [7, 11) is 2.08. The second-order valence-corrected chi connectivity index (χ2v) is 5.40. The molecule has 1 heterocycles. The predicted octanol–water partition coefficient (Wildman–Crippen LogP) is 3.79. The first kappa shape index (κ1) is 14.2. The fourth-order valence-corrected chi connectivity index (χ4v) is 2.43. The Balaban J connectivity index is 2.06. The van der Waals surface area contributed by atoms with Crippen molar-refractivity contribution in [2.45, 2.75) is 20.0 Å². The molecule has 0 unspecified atom stereocenters. The Morgan fingerprint density at radius 1 is 1.32 bits per heavy atom. The summed E-state index contributed by atoms with van der Waals surface area (Å²) in [6.45, 7) is 4.83. The lowest BCUT2D eigenvalue weighted by Crippen LogP contribution is -2.16. The molecule has 0 fully saturated rings. The van der Waals surface area contributed by atoms with E-state index < -0.39 is 0 Å². The highest BCUT2D eigenvalue weighted by Gasteiger charge is 2.06. The van der Waals surface area contributed by atoms with Gasteiger partial charge >= 0.3 is 0 Å². The molecule has 0 saturated heterocycles. The van der Waals surface area contributed by atoms with Crippen LogP contribution in [0.2, 0.25) is 0 Å². The summed E-state index contributed by atoms with van der Waals surface area (Å²) in [6, 6.07) is 8.46. The fourth-order valence-electron chi connectivity index (χ4n) is 1.92. The van der Waals surface area contributed by atoms with Gasteiger partial charge in [-0.25, -0.2) is 0 Å². The molecule has 1 aromatic heterocycles. The van der Waals surface area contributed by atoms with Crippen LogP contribution in [0, 0.1) is 0 Å². The number of furan rings is 1. The smallest absolute Gasteiger partial charge is 0.0952 e. The molecule has 1 aromatic carbocycles. The molecule has 0 bridgehead atoms. The van der Waals surface area contributed by atoms with Gasteiger partial charge in [0.05, 0.1) is 12.5 Å².